The van der Waals surface area contributed by atoms with Crippen LogP contribution >= 0.6 is 11.8 Å². The van der Waals surface area contributed by atoms with Crippen LogP contribution in [0.4, 0.5) is 10.1 Å². The summed E-state index contributed by atoms with van der Waals surface area (Å²) in [4.78, 5) is 86.0. The van der Waals surface area contributed by atoms with Crippen molar-refractivity contribution in [2.45, 2.75) is 81.3 Å². The summed E-state index contributed by atoms with van der Waals surface area (Å²) in [6.07, 6.45) is 7.24. The number of benzene rings is 2. The van der Waals surface area contributed by atoms with Gasteiger partial charge in [-0.25, -0.2) is 9.37 Å². The SMILES string of the molecule is O=C(CN1CCC(COc2cc(F)c3c(=O)[nH]c(CSC4CCOCC4)nc3c2)CC1)NCCCCCCNc1cccc2c1C(=O)N(C1CCC(=O)NC1=O)C2=O. The van der Waals surface area contributed by atoms with Gasteiger partial charge < -0.3 is 25.1 Å². The first-order chi connectivity index (χ1) is 28.1. The molecule has 0 radical (unpaired) electrons. The van der Waals surface area contributed by atoms with E-state index in [0.717, 1.165) is 82.6 Å². The number of unbranched alkanes of at least 4 members (excludes halogenated alkanes) is 3. The Labute approximate surface area is 339 Å². The molecule has 310 valence electrons. The highest BCUT2D eigenvalue weighted by molar-refractivity contribution is 7.99. The standard InChI is InChI=1S/C41H50FN7O8S/c42-29-20-26(21-31-37(29)39(53)46-33(45-31)24-58-27-12-18-56-19-13-27)57-23-25-10-16-48(17-11-25)22-35(51)44-15-4-2-1-3-14-43-30-7-5-6-28-36(30)41(55)49(40(28)54)32-8-9-34(50)47-38(32)52/h5-7,20-21,25,27,32,43H,1-4,8-19,22-24H2,(H,44,51)(H,45,46,53)(H,47,50,52). The summed E-state index contributed by atoms with van der Waals surface area (Å²) in [5.74, 6) is -1.14. The van der Waals surface area contributed by atoms with Crippen molar-refractivity contribution in [2.24, 2.45) is 5.92 Å². The summed E-state index contributed by atoms with van der Waals surface area (Å²) >= 11 is 1.73. The van der Waals surface area contributed by atoms with Gasteiger partial charge in [-0.15, -0.1) is 0 Å². The van der Waals surface area contributed by atoms with Crippen LogP contribution in [0.2, 0.25) is 0 Å². The molecule has 0 bridgehead atoms. The molecule has 58 heavy (non-hydrogen) atoms. The zero-order valence-electron chi connectivity index (χ0n) is 32.4. The number of thioether (sulfide) groups is 1. The minimum Gasteiger partial charge on any atom is -0.493 e. The molecule has 3 fully saturated rings. The van der Waals surface area contributed by atoms with Crippen LogP contribution in [0.3, 0.4) is 0 Å². The predicted molar refractivity (Wildman–Crippen MR) is 215 cm³/mol. The van der Waals surface area contributed by atoms with Crippen LogP contribution in [0.1, 0.15) is 90.7 Å². The molecule has 0 spiro atoms. The maximum absolute atomic E-state index is 15.0. The number of hydrogen-bond donors (Lipinski definition) is 4. The summed E-state index contributed by atoms with van der Waals surface area (Å²) in [5, 5.41) is 8.87. The number of anilines is 1. The molecule has 4 aliphatic rings. The molecule has 5 amide bonds. The molecule has 0 saturated carbocycles. The normalized spacial score (nSPS) is 19.4. The van der Waals surface area contributed by atoms with Crippen molar-refractivity contribution in [3.05, 3.63) is 63.5 Å². The number of nitrogens with zero attached hydrogens (tertiary/aromatic N) is 3. The van der Waals surface area contributed by atoms with Gasteiger partial charge in [0.1, 0.15) is 28.8 Å². The number of aromatic amines is 1. The van der Waals surface area contributed by atoms with Crippen LogP contribution in [-0.4, -0.2) is 113 Å². The highest BCUT2D eigenvalue weighted by Gasteiger charge is 2.45. The molecule has 15 nitrogen and oxygen atoms in total. The highest BCUT2D eigenvalue weighted by Crippen LogP contribution is 2.33. The van der Waals surface area contributed by atoms with Crippen molar-refractivity contribution < 1.29 is 37.8 Å². The maximum Gasteiger partial charge on any atom is 0.264 e. The van der Waals surface area contributed by atoms with E-state index >= 15 is 0 Å². The van der Waals surface area contributed by atoms with E-state index in [9.17, 15) is 33.2 Å². The first-order valence-corrected chi connectivity index (χ1v) is 21.3. The Balaban J connectivity index is 0.762. The Morgan fingerprint density at radius 1 is 0.966 bits per heavy atom. The largest absolute Gasteiger partial charge is 0.493 e. The number of carbonyl (C=O) groups is 5. The van der Waals surface area contributed by atoms with E-state index < -0.39 is 41.0 Å². The molecule has 17 heteroatoms. The first-order valence-electron chi connectivity index (χ1n) is 20.3. The van der Waals surface area contributed by atoms with Crippen molar-refractivity contribution in [3.63, 3.8) is 0 Å². The van der Waals surface area contributed by atoms with E-state index in [1.54, 1.807) is 36.0 Å². The minimum atomic E-state index is -1.01. The fourth-order valence-electron chi connectivity index (χ4n) is 7.94. The summed E-state index contributed by atoms with van der Waals surface area (Å²) in [7, 11) is 0. The fraction of sp³-hybridized carbons (Fsp3) is 0.537. The predicted octanol–water partition coefficient (Wildman–Crippen LogP) is 3.76. The van der Waals surface area contributed by atoms with Crippen LogP contribution in [0, 0.1) is 11.7 Å². The number of H-pyrrole nitrogens is 1. The number of likely N-dealkylation sites (tertiary alicyclic amines) is 1. The zero-order valence-corrected chi connectivity index (χ0v) is 33.3. The number of ether oxygens (including phenoxy) is 2. The van der Waals surface area contributed by atoms with Gasteiger partial charge in [-0.3, -0.25) is 43.9 Å². The molecule has 3 aromatic rings. The van der Waals surface area contributed by atoms with Crippen LogP contribution < -0.4 is 26.2 Å². The number of imide groups is 2. The smallest absolute Gasteiger partial charge is 0.264 e. The number of carbonyl (C=O) groups excluding carboxylic acids is 5. The van der Waals surface area contributed by atoms with Crippen molar-refractivity contribution in [1.29, 1.82) is 0 Å². The molecule has 1 unspecified atom stereocenters. The van der Waals surface area contributed by atoms with Crippen LogP contribution in [0.5, 0.6) is 5.75 Å². The van der Waals surface area contributed by atoms with E-state index in [2.05, 4.69) is 30.8 Å². The van der Waals surface area contributed by atoms with Crippen LogP contribution in [-0.2, 0) is 24.9 Å². The Bertz CT molecular complexity index is 2080. The Kier molecular flexibility index (Phi) is 13.7. The molecule has 3 saturated heterocycles. The molecule has 5 heterocycles. The number of hydrogen-bond acceptors (Lipinski definition) is 12. The van der Waals surface area contributed by atoms with Gasteiger partial charge in [-0.2, -0.15) is 11.8 Å². The topological polar surface area (TPSA) is 192 Å². The second-order valence-electron chi connectivity index (χ2n) is 15.3. The number of fused-ring (bicyclic) bond motifs is 2. The maximum atomic E-state index is 15.0. The molecule has 2 aromatic carbocycles. The Morgan fingerprint density at radius 3 is 2.52 bits per heavy atom. The van der Waals surface area contributed by atoms with Gasteiger partial charge in [0.2, 0.25) is 17.7 Å². The van der Waals surface area contributed by atoms with E-state index in [1.807, 2.05) is 0 Å². The third-order valence-corrected chi connectivity index (χ3v) is 12.6. The highest BCUT2D eigenvalue weighted by atomic mass is 32.2. The van der Waals surface area contributed by atoms with Crippen molar-refractivity contribution >= 4 is 57.9 Å². The molecule has 4 N–H and O–H groups in total. The monoisotopic (exact) mass is 819 g/mol. The van der Waals surface area contributed by atoms with E-state index in [-0.39, 0.29) is 46.7 Å². The van der Waals surface area contributed by atoms with Gasteiger partial charge in [-0.05, 0) is 76.1 Å². The molecule has 1 aromatic heterocycles. The molecule has 4 aliphatic heterocycles. The summed E-state index contributed by atoms with van der Waals surface area (Å²) in [5.41, 5.74) is 0.820. The first kappa shape index (κ1) is 41.3. The lowest BCUT2D eigenvalue weighted by Crippen LogP contribution is -2.54. The summed E-state index contributed by atoms with van der Waals surface area (Å²) in [6, 6.07) is 6.89. The molecular weight excluding hydrogens is 770 g/mol. The van der Waals surface area contributed by atoms with Gasteiger partial charge >= 0.3 is 0 Å². The van der Waals surface area contributed by atoms with Gasteiger partial charge in [0.05, 0.1) is 35.5 Å². The molecule has 0 aliphatic carbocycles. The second kappa shape index (κ2) is 19.3. The molecule has 1 atom stereocenters. The van der Waals surface area contributed by atoms with E-state index in [0.29, 0.717) is 54.5 Å². The van der Waals surface area contributed by atoms with Crippen molar-refractivity contribution in [1.82, 2.24) is 30.4 Å². The van der Waals surface area contributed by atoms with Crippen molar-refractivity contribution in [2.75, 3.05) is 57.9 Å². The number of aromatic nitrogens is 2. The quantitative estimate of drug-likeness (QED) is 0.114. The molecule has 7 rings (SSSR count). The molecular formula is C41H50FN7O8S. The van der Waals surface area contributed by atoms with E-state index in [1.165, 1.54) is 6.07 Å². The second-order valence-corrected chi connectivity index (χ2v) is 16.6. The van der Waals surface area contributed by atoms with Crippen LogP contribution in [0.25, 0.3) is 10.9 Å². The Hall–Kier alpha value is -4.87. The van der Waals surface area contributed by atoms with Gasteiger partial charge in [0.25, 0.3) is 17.4 Å². The summed E-state index contributed by atoms with van der Waals surface area (Å²) in [6.45, 7) is 4.88. The lowest BCUT2D eigenvalue weighted by atomic mass is 9.98. The Morgan fingerprint density at radius 2 is 1.74 bits per heavy atom. The van der Waals surface area contributed by atoms with Gasteiger partial charge in [-0.1, -0.05) is 18.9 Å². The van der Waals surface area contributed by atoms with Crippen LogP contribution in [0.15, 0.2) is 35.1 Å². The summed E-state index contributed by atoms with van der Waals surface area (Å²) < 4.78 is 26.4. The minimum absolute atomic E-state index is 0.0143. The zero-order chi connectivity index (χ0) is 40.6. The van der Waals surface area contributed by atoms with E-state index in [4.69, 9.17) is 9.47 Å². The number of piperidine rings is 2. The average molecular weight is 820 g/mol. The lowest BCUT2D eigenvalue weighted by molar-refractivity contribution is -0.136. The van der Waals surface area contributed by atoms with Crippen molar-refractivity contribution in [3.8, 4) is 5.75 Å². The lowest BCUT2D eigenvalue weighted by Gasteiger charge is -2.31. The number of rotatable bonds is 17. The number of nitrogens with one attached hydrogen (secondary N) is 4. The third kappa shape index (κ3) is 10.0. The number of halogens is 1. The number of amides is 5. The third-order valence-electron chi connectivity index (χ3n) is 11.2. The van der Waals surface area contributed by atoms with Gasteiger partial charge in [0, 0.05) is 55.8 Å². The fourth-order valence-corrected chi connectivity index (χ4v) is 9.00. The van der Waals surface area contributed by atoms with Gasteiger partial charge in [0.15, 0.2) is 0 Å². The average Bonchev–Trinajstić information content (AvgIpc) is 3.47.